The fourth-order valence-electron chi connectivity index (χ4n) is 3.10. The number of aromatic nitrogens is 2. The van der Waals surface area contributed by atoms with Crippen molar-refractivity contribution in [3.8, 4) is 11.3 Å². The van der Waals surface area contributed by atoms with Crippen LogP contribution in [-0.4, -0.2) is 33.7 Å². The van der Waals surface area contributed by atoms with E-state index in [0.29, 0.717) is 21.4 Å². The van der Waals surface area contributed by atoms with Gasteiger partial charge in [-0.1, -0.05) is 35.3 Å². The first-order chi connectivity index (χ1) is 11.8. The van der Waals surface area contributed by atoms with Crippen LogP contribution < -0.4 is 10.6 Å². The second kappa shape index (κ2) is 7.08. The van der Waals surface area contributed by atoms with Crippen LogP contribution in [0.4, 0.5) is 5.82 Å². The van der Waals surface area contributed by atoms with Crippen molar-refractivity contribution < 1.29 is 10.8 Å². The minimum absolute atomic E-state index is 0.104. The maximum absolute atomic E-state index is 9.84. The van der Waals surface area contributed by atoms with Crippen LogP contribution in [0.15, 0.2) is 18.2 Å². The standard InChI is InChI=1S/C18H22Cl2N4O/c1-11-16(12-4-3-5-13(19)15(12)20)23-14(10-25)17(22-11)24-8-6-18(2,21)7-9-24/h3-5,25H,6-10,21H2,1-2H3/p+1. The number of nitrogens with zero attached hydrogens (tertiary/aromatic N) is 3. The van der Waals surface area contributed by atoms with Gasteiger partial charge in [-0.25, -0.2) is 9.97 Å². The third kappa shape index (κ3) is 3.75. The molecule has 0 amide bonds. The third-order valence-corrected chi connectivity index (χ3v) is 5.57. The molecule has 5 nitrogen and oxygen atoms in total. The van der Waals surface area contributed by atoms with Crippen LogP contribution in [0.2, 0.25) is 10.0 Å². The lowest BCUT2D eigenvalue weighted by atomic mass is 9.91. The van der Waals surface area contributed by atoms with Gasteiger partial charge in [0.25, 0.3) is 0 Å². The lowest BCUT2D eigenvalue weighted by molar-refractivity contribution is -0.475. The molecule has 25 heavy (non-hydrogen) atoms. The summed E-state index contributed by atoms with van der Waals surface area (Å²) in [7, 11) is 0. The van der Waals surface area contributed by atoms with Gasteiger partial charge in [0.15, 0.2) is 5.82 Å². The molecule has 4 N–H and O–H groups in total. The van der Waals surface area contributed by atoms with E-state index in [-0.39, 0.29) is 12.1 Å². The summed E-state index contributed by atoms with van der Waals surface area (Å²) in [5.74, 6) is 0.748. The van der Waals surface area contributed by atoms with Crippen molar-refractivity contribution in [2.75, 3.05) is 18.0 Å². The van der Waals surface area contributed by atoms with Crippen LogP contribution in [-0.2, 0) is 6.61 Å². The van der Waals surface area contributed by atoms with Crippen molar-refractivity contribution in [1.82, 2.24) is 9.97 Å². The smallest absolute Gasteiger partial charge is 0.153 e. The number of hydrogen-bond donors (Lipinski definition) is 2. The van der Waals surface area contributed by atoms with Gasteiger partial charge in [-0.05, 0) is 19.9 Å². The van der Waals surface area contributed by atoms with Crippen LogP contribution >= 0.6 is 23.2 Å². The lowest BCUT2D eigenvalue weighted by Gasteiger charge is -2.35. The minimum atomic E-state index is -0.175. The Balaban J connectivity index is 2.01. The molecule has 1 aliphatic heterocycles. The average molecular weight is 382 g/mol. The highest BCUT2D eigenvalue weighted by Crippen LogP contribution is 2.35. The molecular formula is C18H23Cl2N4O+. The van der Waals surface area contributed by atoms with Gasteiger partial charge in [0, 0.05) is 31.5 Å². The molecule has 1 fully saturated rings. The molecule has 1 aromatic heterocycles. The van der Waals surface area contributed by atoms with E-state index in [4.69, 9.17) is 28.2 Å². The number of quaternary nitrogens is 1. The highest BCUT2D eigenvalue weighted by Gasteiger charge is 2.31. The largest absolute Gasteiger partial charge is 0.390 e. The Labute approximate surface area is 157 Å². The van der Waals surface area contributed by atoms with E-state index in [2.05, 4.69) is 22.5 Å². The molecule has 1 aromatic carbocycles. The van der Waals surface area contributed by atoms with Gasteiger partial charge in [-0.2, -0.15) is 0 Å². The maximum Gasteiger partial charge on any atom is 0.153 e. The first-order valence-corrected chi connectivity index (χ1v) is 9.11. The number of benzene rings is 1. The van der Waals surface area contributed by atoms with E-state index in [0.717, 1.165) is 43.0 Å². The number of halogens is 2. The number of hydrogen-bond acceptors (Lipinski definition) is 4. The molecule has 134 valence electrons. The maximum atomic E-state index is 9.84. The Kier molecular flexibility index (Phi) is 5.21. The van der Waals surface area contributed by atoms with Gasteiger partial charge in [-0.15, -0.1) is 0 Å². The number of rotatable bonds is 3. The molecular weight excluding hydrogens is 359 g/mol. The molecule has 0 bridgehead atoms. The summed E-state index contributed by atoms with van der Waals surface area (Å²) in [6.07, 6.45) is 1.97. The Morgan fingerprint density at radius 2 is 1.92 bits per heavy atom. The zero-order valence-electron chi connectivity index (χ0n) is 14.5. The van der Waals surface area contributed by atoms with Crippen LogP contribution in [0.3, 0.4) is 0 Å². The molecule has 1 saturated heterocycles. The molecule has 0 spiro atoms. The fraction of sp³-hybridized carbons (Fsp3) is 0.444. The first-order valence-electron chi connectivity index (χ1n) is 8.35. The predicted octanol–water partition coefficient (Wildman–Crippen LogP) is 2.85. The van der Waals surface area contributed by atoms with Crippen molar-refractivity contribution >= 4 is 29.0 Å². The number of aliphatic hydroxyl groups is 1. The zero-order chi connectivity index (χ0) is 18.2. The third-order valence-electron chi connectivity index (χ3n) is 4.75. The van der Waals surface area contributed by atoms with E-state index in [1.807, 2.05) is 19.1 Å². The van der Waals surface area contributed by atoms with E-state index in [1.54, 1.807) is 6.07 Å². The second-order valence-electron chi connectivity index (χ2n) is 6.99. The van der Waals surface area contributed by atoms with Crippen molar-refractivity contribution in [2.24, 2.45) is 0 Å². The molecule has 0 saturated carbocycles. The topological polar surface area (TPSA) is 76.9 Å². The minimum Gasteiger partial charge on any atom is -0.390 e. The van der Waals surface area contributed by atoms with Crippen molar-refractivity contribution in [1.29, 1.82) is 0 Å². The Bertz CT molecular complexity index is 785. The molecule has 7 heteroatoms. The highest BCUT2D eigenvalue weighted by molar-refractivity contribution is 6.43. The molecule has 3 rings (SSSR count). The van der Waals surface area contributed by atoms with E-state index in [1.165, 1.54) is 0 Å². The van der Waals surface area contributed by atoms with Gasteiger partial charge in [-0.3, -0.25) is 0 Å². The van der Waals surface area contributed by atoms with Crippen molar-refractivity contribution in [3.63, 3.8) is 0 Å². The summed E-state index contributed by atoms with van der Waals surface area (Å²) in [6, 6.07) is 5.43. The van der Waals surface area contributed by atoms with Crippen LogP contribution in [0, 0.1) is 6.92 Å². The van der Waals surface area contributed by atoms with Gasteiger partial charge in [0.05, 0.1) is 33.6 Å². The van der Waals surface area contributed by atoms with Gasteiger partial charge in [0.1, 0.15) is 5.69 Å². The van der Waals surface area contributed by atoms with E-state index >= 15 is 0 Å². The number of piperidine rings is 1. The summed E-state index contributed by atoms with van der Waals surface area (Å²) in [4.78, 5) is 11.6. The molecule has 1 aliphatic rings. The highest BCUT2D eigenvalue weighted by atomic mass is 35.5. The number of aliphatic hydroxyl groups excluding tert-OH is 1. The van der Waals surface area contributed by atoms with Gasteiger partial charge < -0.3 is 15.7 Å². The van der Waals surface area contributed by atoms with Crippen molar-refractivity contribution in [2.45, 2.75) is 38.8 Å². The summed E-state index contributed by atoms with van der Waals surface area (Å²) < 4.78 is 0. The summed E-state index contributed by atoms with van der Waals surface area (Å²) >= 11 is 12.5. The SMILES string of the molecule is Cc1nc(N2CCC(C)([NH3+])CC2)c(CO)nc1-c1cccc(Cl)c1Cl. The van der Waals surface area contributed by atoms with Crippen LogP contribution in [0.5, 0.6) is 0 Å². The van der Waals surface area contributed by atoms with Crippen LogP contribution in [0.1, 0.15) is 31.2 Å². The van der Waals surface area contributed by atoms with Crippen LogP contribution in [0.25, 0.3) is 11.3 Å². The molecule has 0 atom stereocenters. The Hall–Kier alpha value is -1.40. The van der Waals surface area contributed by atoms with Gasteiger partial charge in [0.2, 0.25) is 0 Å². The summed E-state index contributed by atoms with van der Waals surface area (Å²) in [5.41, 5.74) is 7.06. The van der Waals surface area contributed by atoms with Crippen molar-refractivity contribution in [3.05, 3.63) is 39.6 Å². The monoisotopic (exact) mass is 381 g/mol. The Morgan fingerprint density at radius 1 is 1.24 bits per heavy atom. The average Bonchev–Trinajstić information content (AvgIpc) is 2.57. The quantitative estimate of drug-likeness (QED) is 0.856. The molecule has 2 heterocycles. The predicted molar refractivity (Wildman–Crippen MR) is 101 cm³/mol. The lowest BCUT2D eigenvalue weighted by Crippen LogP contribution is -2.73. The normalized spacial score (nSPS) is 17.0. The summed E-state index contributed by atoms with van der Waals surface area (Å²) in [5, 5.41) is 10.8. The fourth-order valence-corrected chi connectivity index (χ4v) is 3.49. The first kappa shape index (κ1) is 18.4. The molecule has 0 radical (unpaired) electrons. The summed E-state index contributed by atoms with van der Waals surface area (Å²) in [6.45, 7) is 5.63. The molecule has 0 unspecified atom stereocenters. The number of aryl methyl sites for hydroxylation is 1. The van der Waals surface area contributed by atoms with E-state index < -0.39 is 0 Å². The molecule has 0 aliphatic carbocycles. The number of anilines is 1. The second-order valence-corrected chi connectivity index (χ2v) is 7.77. The van der Waals surface area contributed by atoms with Gasteiger partial charge >= 0.3 is 0 Å². The molecule has 2 aromatic rings. The zero-order valence-corrected chi connectivity index (χ0v) is 16.0. The Morgan fingerprint density at radius 3 is 2.56 bits per heavy atom. The van der Waals surface area contributed by atoms with E-state index in [9.17, 15) is 5.11 Å².